The second-order valence-corrected chi connectivity index (χ2v) is 9.61. The topological polar surface area (TPSA) is 115 Å². The molecule has 0 unspecified atom stereocenters. The van der Waals surface area contributed by atoms with Crippen LogP contribution in [0.3, 0.4) is 0 Å². The quantitative estimate of drug-likeness (QED) is 0.519. The van der Waals surface area contributed by atoms with E-state index < -0.39 is 10.0 Å². The van der Waals surface area contributed by atoms with Crippen molar-refractivity contribution in [2.75, 3.05) is 25.0 Å². The minimum Gasteiger partial charge on any atom is -0.494 e. The van der Waals surface area contributed by atoms with Crippen molar-refractivity contribution in [3.05, 3.63) is 65.6 Å². The highest BCUT2D eigenvalue weighted by Gasteiger charge is 2.30. The fourth-order valence-corrected chi connectivity index (χ4v) is 4.87. The first kappa shape index (κ1) is 23.7. The summed E-state index contributed by atoms with van der Waals surface area (Å²) in [6.07, 6.45) is 2.39. The average Bonchev–Trinajstić information content (AvgIpc) is 3.33. The maximum Gasteiger partial charge on any atom is 0.322 e. The zero-order valence-electron chi connectivity index (χ0n) is 18.8. The predicted octanol–water partition coefficient (Wildman–Crippen LogP) is 3.79. The molecule has 0 bridgehead atoms. The van der Waals surface area contributed by atoms with Gasteiger partial charge in [-0.2, -0.15) is 4.31 Å². The van der Waals surface area contributed by atoms with Crippen LogP contribution in [0.4, 0.5) is 6.01 Å². The van der Waals surface area contributed by atoms with Gasteiger partial charge in [-0.25, -0.2) is 8.42 Å². The first-order valence-corrected chi connectivity index (χ1v) is 12.6. The second-order valence-electron chi connectivity index (χ2n) is 7.79. The van der Waals surface area contributed by atoms with Crippen LogP contribution in [0.25, 0.3) is 17.5 Å². The van der Waals surface area contributed by atoms with Crippen LogP contribution in [-0.2, 0) is 14.8 Å². The molecule has 1 fully saturated rings. The third-order valence-corrected chi connectivity index (χ3v) is 7.05. The SMILES string of the molecule is CCOc1ccc(-c2nnc(NC(=O)C3CCN(S(=O)(=O)C=Cc4ccccc4)CC3)o2)cc1. The zero-order chi connectivity index (χ0) is 24.0. The molecule has 1 aliphatic rings. The monoisotopic (exact) mass is 482 g/mol. The first-order chi connectivity index (χ1) is 16.4. The van der Waals surface area contributed by atoms with Gasteiger partial charge in [0.15, 0.2) is 0 Å². The van der Waals surface area contributed by atoms with E-state index >= 15 is 0 Å². The largest absolute Gasteiger partial charge is 0.494 e. The number of nitrogens with one attached hydrogen (secondary N) is 1. The molecule has 1 saturated heterocycles. The zero-order valence-corrected chi connectivity index (χ0v) is 19.6. The molecule has 0 spiro atoms. The van der Waals surface area contributed by atoms with Crippen LogP contribution < -0.4 is 10.1 Å². The van der Waals surface area contributed by atoms with Crippen LogP contribution in [0.1, 0.15) is 25.3 Å². The highest BCUT2D eigenvalue weighted by atomic mass is 32.2. The van der Waals surface area contributed by atoms with Crippen molar-refractivity contribution in [3.63, 3.8) is 0 Å². The summed E-state index contributed by atoms with van der Waals surface area (Å²) in [5, 5.41) is 11.7. The molecule has 1 aliphatic heterocycles. The Morgan fingerprint density at radius 3 is 2.50 bits per heavy atom. The fraction of sp³-hybridized carbons (Fsp3) is 0.292. The molecule has 178 valence electrons. The number of sulfonamides is 1. The van der Waals surface area contributed by atoms with E-state index in [1.165, 1.54) is 9.71 Å². The van der Waals surface area contributed by atoms with Gasteiger partial charge < -0.3 is 9.15 Å². The maximum absolute atomic E-state index is 12.7. The second kappa shape index (κ2) is 10.6. The third-order valence-electron chi connectivity index (χ3n) is 5.48. The number of amides is 1. The molecular weight excluding hydrogens is 456 g/mol. The lowest BCUT2D eigenvalue weighted by atomic mass is 9.97. The summed E-state index contributed by atoms with van der Waals surface area (Å²) in [6.45, 7) is 3.01. The number of anilines is 1. The Balaban J connectivity index is 1.30. The first-order valence-electron chi connectivity index (χ1n) is 11.1. The van der Waals surface area contributed by atoms with Crippen LogP contribution >= 0.6 is 0 Å². The normalized spacial score (nSPS) is 15.4. The number of nitrogens with zero attached hydrogens (tertiary/aromatic N) is 3. The minimum absolute atomic E-state index is 0.00901. The van der Waals surface area contributed by atoms with Crippen molar-refractivity contribution in [1.29, 1.82) is 0 Å². The summed E-state index contributed by atoms with van der Waals surface area (Å²) in [5.41, 5.74) is 1.52. The molecule has 1 amide bonds. The minimum atomic E-state index is -3.55. The summed E-state index contributed by atoms with van der Waals surface area (Å²) in [6, 6.07) is 16.5. The standard InChI is InChI=1S/C24H26N4O5S/c1-2-32-21-10-8-20(9-11-21)23-26-27-24(33-23)25-22(29)19-12-15-28(16-13-19)34(30,31)17-14-18-6-4-3-5-7-18/h3-11,14,17,19H,2,12-13,15-16H2,1H3,(H,25,27,29). The number of carbonyl (C=O) groups is 1. The van der Waals surface area contributed by atoms with Gasteiger partial charge in [0.25, 0.3) is 0 Å². The van der Waals surface area contributed by atoms with Gasteiger partial charge >= 0.3 is 6.01 Å². The maximum atomic E-state index is 12.7. The summed E-state index contributed by atoms with van der Waals surface area (Å²) in [7, 11) is -3.55. The van der Waals surface area contributed by atoms with E-state index in [-0.39, 0.29) is 36.8 Å². The smallest absolute Gasteiger partial charge is 0.322 e. The number of aromatic nitrogens is 2. The molecule has 0 radical (unpaired) electrons. The molecule has 3 aromatic rings. The van der Waals surface area contributed by atoms with Gasteiger partial charge in [0.1, 0.15) is 5.75 Å². The van der Waals surface area contributed by atoms with Gasteiger partial charge in [-0.3, -0.25) is 10.1 Å². The highest BCUT2D eigenvalue weighted by molar-refractivity contribution is 7.92. The Labute approximate surface area is 198 Å². The molecule has 1 N–H and O–H groups in total. The van der Waals surface area contributed by atoms with E-state index in [0.717, 1.165) is 11.3 Å². The van der Waals surface area contributed by atoms with Crippen LogP contribution in [0.2, 0.25) is 0 Å². The molecule has 0 atom stereocenters. The van der Waals surface area contributed by atoms with Crippen molar-refractivity contribution in [2.24, 2.45) is 5.92 Å². The number of ether oxygens (including phenoxy) is 1. The van der Waals surface area contributed by atoms with Gasteiger partial charge in [-0.15, -0.1) is 5.10 Å². The van der Waals surface area contributed by atoms with Crippen LogP contribution in [-0.4, -0.2) is 48.5 Å². The van der Waals surface area contributed by atoms with Crippen molar-refractivity contribution in [1.82, 2.24) is 14.5 Å². The van der Waals surface area contributed by atoms with E-state index in [2.05, 4.69) is 15.5 Å². The highest BCUT2D eigenvalue weighted by Crippen LogP contribution is 2.25. The lowest BCUT2D eigenvalue weighted by molar-refractivity contribution is -0.121. The molecular formula is C24H26N4O5S. The third kappa shape index (κ3) is 5.89. The molecule has 2 heterocycles. The summed E-state index contributed by atoms with van der Waals surface area (Å²) in [4.78, 5) is 12.7. The van der Waals surface area contributed by atoms with Gasteiger partial charge in [0, 0.05) is 30.0 Å². The number of carbonyl (C=O) groups excluding carboxylic acids is 1. The Hall–Kier alpha value is -3.50. The van der Waals surface area contributed by atoms with Crippen molar-refractivity contribution < 1.29 is 22.4 Å². The number of rotatable bonds is 8. The van der Waals surface area contributed by atoms with Gasteiger partial charge in [-0.1, -0.05) is 35.4 Å². The summed E-state index contributed by atoms with van der Waals surface area (Å²) < 4.78 is 37.6. The van der Waals surface area contributed by atoms with E-state index in [1.807, 2.05) is 37.3 Å². The molecule has 34 heavy (non-hydrogen) atoms. The van der Waals surface area contributed by atoms with Gasteiger partial charge in [0.2, 0.25) is 21.8 Å². The van der Waals surface area contributed by atoms with E-state index in [4.69, 9.17) is 9.15 Å². The predicted molar refractivity (Wildman–Crippen MR) is 128 cm³/mol. The van der Waals surface area contributed by atoms with Crippen LogP contribution in [0.15, 0.2) is 64.4 Å². The number of benzene rings is 2. The lowest BCUT2D eigenvalue weighted by Crippen LogP contribution is -2.40. The summed E-state index contributed by atoms with van der Waals surface area (Å²) >= 11 is 0. The van der Waals surface area contributed by atoms with E-state index in [9.17, 15) is 13.2 Å². The Bertz CT molecular complexity index is 1230. The molecule has 10 heteroatoms. The molecule has 1 aromatic heterocycles. The number of hydrogen-bond acceptors (Lipinski definition) is 7. The molecule has 0 aliphatic carbocycles. The average molecular weight is 483 g/mol. The van der Waals surface area contributed by atoms with Gasteiger partial charge in [0.05, 0.1) is 6.61 Å². The van der Waals surface area contributed by atoms with Crippen molar-refractivity contribution >= 4 is 28.0 Å². The fourth-order valence-electron chi connectivity index (χ4n) is 3.65. The Kier molecular flexibility index (Phi) is 7.39. The molecule has 2 aromatic carbocycles. The Morgan fingerprint density at radius 1 is 1.12 bits per heavy atom. The molecule has 9 nitrogen and oxygen atoms in total. The lowest BCUT2D eigenvalue weighted by Gasteiger charge is -2.29. The van der Waals surface area contributed by atoms with Gasteiger partial charge in [-0.05, 0) is 55.7 Å². The molecule has 0 saturated carbocycles. The summed E-state index contributed by atoms with van der Waals surface area (Å²) in [5.74, 6) is 0.414. The number of piperidine rings is 1. The van der Waals surface area contributed by atoms with Crippen LogP contribution in [0, 0.1) is 5.92 Å². The van der Waals surface area contributed by atoms with Crippen molar-refractivity contribution in [3.8, 4) is 17.2 Å². The van der Waals surface area contributed by atoms with Crippen LogP contribution in [0.5, 0.6) is 5.75 Å². The Morgan fingerprint density at radius 2 is 1.82 bits per heavy atom. The van der Waals surface area contributed by atoms with Crippen molar-refractivity contribution in [2.45, 2.75) is 19.8 Å². The number of hydrogen-bond donors (Lipinski definition) is 1. The van der Waals surface area contributed by atoms with E-state index in [1.54, 1.807) is 30.3 Å². The van der Waals surface area contributed by atoms with E-state index in [0.29, 0.717) is 25.0 Å². The molecule has 4 rings (SSSR count).